The minimum atomic E-state index is -0.0600. The van der Waals surface area contributed by atoms with E-state index in [4.69, 9.17) is 0 Å². The summed E-state index contributed by atoms with van der Waals surface area (Å²) in [5.41, 5.74) is 3.13. The van der Waals surface area contributed by atoms with E-state index in [1.165, 1.54) is 11.2 Å². The van der Waals surface area contributed by atoms with Gasteiger partial charge in [-0.25, -0.2) is 0 Å². The van der Waals surface area contributed by atoms with Crippen LogP contribution in [0.5, 0.6) is 0 Å². The first-order chi connectivity index (χ1) is 14.5. The van der Waals surface area contributed by atoms with Crippen molar-refractivity contribution in [2.45, 2.75) is 45.4 Å². The molecule has 0 nitrogen and oxygen atoms in total. The molecule has 0 N–H and O–H groups in total. The van der Waals surface area contributed by atoms with Crippen molar-refractivity contribution in [2.24, 2.45) is 0 Å². The van der Waals surface area contributed by atoms with Crippen LogP contribution in [0, 0.1) is 125 Å². The monoisotopic (exact) mass is 557 g/mol. The van der Waals surface area contributed by atoms with E-state index >= 15 is 0 Å². The van der Waals surface area contributed by atoms with Gasteiger partial charge in [0.2, 0.25) is 0 Å². The zero-order valence-electron chi connectivity index (χ0n) is 20.2. The molecule has 4 aliphatic rings. The third-order valence-corrected chi connectivity index (χ3v) is 8.90. The zero-order valence-corrected chi connectivity index (χ0v) is 24.2. The van der Waals surface area contributed by atoms with Gasteiger partial charge < -0.3 is 0 Å². The maximum Gasteiger partial charge on any atom is 2.00 e. The molecule has 0 bridgehead atoms. The average Bonchev–Trinajstić information content (AvgIpc) is 3.51. The molecule has 0 atom stereocenters. The van der Waals surface area contributed by atoms with Gasteiger partial charge in [0, 0.05) is 19.3 Å². The molecular weight excluding hydrogens is 522 g/mol. The molecule has 0 aliphatic heterocycles. The molecule has 0 aromatic carbocycles. The van der Waals surface area contributed by atoms with Crippen molar-refractivity contribution in [2.75, 3.05) is 6.26 Å². The van der Waals surface area contributed by atoms with Gasteiger partial charge in [0.05, 0.1) is 0 Å². The second-order valence-electron chi connectivity index (χ2n) is 7.75. The summed E-state index contributed by atoms with van der Waals surface area (Å²) in [4.78, 5) is 0. The van der Waals surface area contributed by atoms with Crippen LogP contribution in [0.1, 0.15) is 34.1 Å². The molecule has 0 aromatic heterocycles. The third kappa shape index (κ3) is 13.8. The van der Waals surface area contributed by atoms with Crippen LogP contribution < -0.4 is 0 Å². The van der Waals surface area contributed by atoms with Crippen LogP contribution in [0.3, 0.4) is 0 Å². The fraction of sp³-hybridized carbons (Fsp3) is 0.286. The van der Waals surface area contributed by atoms with Crippen molar-refractivity contribution in [3.05, 3.63) is 125 Å². The second-order valence-corrected chi connectivity index (χ2v) is 12.0. The molecule has 0 unspecified atom stereocenters. The molecule has 0 spiro atoms. The first kappa shape index (κ1) is 37.0. The summed E-state index contributed by atoms with van der Waals surface area (Å²) in [5, 5.41) is 1.43. The molecule has 4 saturated carbocycles. The van der Waals surface area contributed by atoms with Gasteiger partial charge >= 0.3 is 34.1 Å². The molecule has 4 fully saturated rings. The minimum absolute atomic E-state index is 0. The first-order valence-corrected chi connectivity index (χ1v) is 13.4. The van der Waals surface area contributed by atoms with E-state index in [9.17, 15) is 0 Å². The molecule has 33 heavy (non-hydrogen) atoms. The Morgan fingerprint density at radius 1 is 0.606 bits per heavy atom. The van der Waals surface area contributed by atoms with Gasteiger partial charge in [-0.05, 0) is 139 Å². The van der Waals surface area contributed by atoms with E-state index in [0.717, 1.165) is 17.7 Å². The van der Waals surface area contributed by atoms with Crippen LogP contribution in [-0.4, -0.2) is 26.0 Å². The molecule has 0 aromatic rings. The smallest absolute Gasteiger partial charge is 0.156 e. The van der Waals surface area contributed by atoms with Crippen molar-refractivity contribution >= 4 is 28.1 Å². The van der Waals surface area contributed by atoms with Crippen LogP contribution in [0.15, 0.2) is 0 Å². The summed E-state index contributed by atoms with van der Waals surface area (Å²) in [7, 11) is -0.0600. The molecule has 5 heteroatoms. The van der Waals surface area contributed by atoms with Gasteiger partial charge in [0.15, 0.2) is 0 Å². The van der Waals surface area contributed by atoms with Crippen LogP contribution in [0.4, 0.5) is 0 Å². The molecule has 0 heterocycles. The Morgan fingerprint density at radius 3 is 1.39 bits per heavy atom. The number of hydrogen-bond acceptors (Lipinski definition) is 1. The Hall–Kier alpha value is 1.88. The van der Waals surface area contributed by atoms with Crippen LogP contribution in [0.2, 0.25) is 0 Å². The largest absolute Gasteiger partial charge is 2.00 e. The summed E-state index contributed by atoms with van der Waals surface area (Å²) < 4.78 is 0. The first-order valence-electron chi connectivity index (χ1n) is 10.7. The predicted molar refractivity (Wildman–Crippen MR) is 143 cm³/mol. The molecular formula is C28H35BFe2PS+4. The molecule has 173 valence electrons. The van der Waals surface area contributed by atoms with Gasteiger partial charge in [-0.15, -0.1) is 0 Å². The van der Waals surface area contributed by atoms with Crippen LogP contribution in [-0.2, 0) is 34.1 Å². The molecule has 0 saturated heterocycles. The Kier molecular flexibility index (Phi) is 24.6. The maximum absolute atomic E-state index is 2.37. The fourth-order valence-electron chi connectivity index (χ4n) is 3.63. The Morgan fingerprint density at radius 2 is 1.00 bits per heavy atom. The second kappa shape index (κ2) is 21.9. The normalized spacial score (nSPS) is 21.8. The molecule has 23 radical (unpaired) electrons. The van der Waals surface area contributed by atoms with Gasteiger partial charge in [0.1, 0.15) is 0 Å². The average molecular weight is 557 g/mol. The summed E-state index contributed by atoms with van der Waals surface area (Å²) in [5.74, 6) is 3.02. The van der Waals surface area contributed by atoms with Crippen LogP contribution >= 0.6 is 19.7 Å². The van der Waals surface area contributed by atoms with Gasteiger partial charge in [-0.2, -0.15) is 11.8 Å². The van der Waals surface area contributed by atoms with Gasteiger partial charge in [-0.3, -0.25) is 0 Å². The van der Waals surface area contributed by atoms with Gasteiger partial charge in [0.25, 0.3) is 0 Å². The summed E-state index contributed by atoms with van der Waals surface area (Å²) >= 11 is 1.86. The quantitative estimate of drug-likeness (QED) is 0.247. The Labute approximate surface area is 238 Å². The number of thioether (sulfide) groups is 1. The van der Waals surface area contributed by atoms with Crippen molar-refractivity contribution in [3.8, 4) is 0 Å². The SMILES string of the molecule is CS[C]1[CH][CH][CH][C]1C[C]1[CH][CH][CH][C]1P(C(C)C)C(C)C.[B].[CH]1[CH][CH][CH][CH]1.[CH]1[CH][CH][CH][CH]1.[Fe+2].[Fe+2]. The van der Waals surface area contributed by atoms with Crippen molar-refractivity contribution in [1.29, 1.82) is 0 Å². The Bertz CT molecular complexity index is 397. The summed E-state index contributed by atoms with van der Waals surface area (Å²) in [6, 6.07) is 0. The molecule has 0 amide bonds. The molecule has 4 rings (SSSR count). The third-order valence-electron chi connectivity index (χ3n) is 4.84. The van der Waals surface area contributed by atoms with Gasteiger partial charge in [-0.1, -0.05) is 35.6 Å². The maximum atomic E-state index is 2.37. The Balaban J connectivity index is 0. The van der Waals surface area contributed by atoms with Crippen molar-refractivity contribution in [3.63, 3.8) is 0 Å². The fourth-order valence-corrected chi connectivity index (χ4v) is 7.30. The molecule has 4 aliphatic carbocycles. The predicted octanol–water partition coefficient (Wildman–Crippen LogP) is 7.16. The van der Waals surface area contributed by atoms with E-state index in [-0.39, 0.29) is 50.5 Å². The summed E-state index contributed by atoms with van der Waals surface area (Å²) in [6.07, 6.45) is 36.9. The zero-order chi connectivity index (χ0) is 21.8. The van der Waals surface area contributed by atoms with E-state index in [2.05, 4.69) is 72.5 Å². The minimum Gasteiger partial charge on any atom is -0.156 e. The van der Waals surface area contributed by atoms with E-state index in [0.29, 0.717) is 0 Å². The standard InChI is InChI=1S/C18H25PS.2C5H5.B.2Fe/c1-13(2)19(14(3)4)17-10-6-8-15(17)12-16-9-7-11-18(16)20-5;2*1-2-4-5-3-1;;;/h6-11,13-14H,12H2,1-5H3;2*1-5H;;;/q;;;;2*+2. The topological polar surface area (TPSA) is 0 Å². The van der Waals surface area contributed by atoms with Crippen molar-refractivity contribution in [1.82, 2.24) is 0 Å². The van der Waals surface area contributed by atoms with E-state index in [1.807, 2.05) is 76.0 Å². The van der Waals surface area contributed by atoms with E-state index in [1.54, 1.807) is 11.6 Å². The number of hydrogen-bond donors (Lipinski definition) is 0. The van der Waals surface area contributed by atoms with Crippen molar-refractivity contribution < 1.29 is 34.1 Å². The van der Waals surface area contributed by atoms with Crippen LogP contribution in [0.25, 0.3) is 0 Å². The number of rotatable bonds is 6. The summed E-state index contributed by atoms with van der Waals surface area (Å²) in [6.45, 7) is 9.49. The van der Waals surface area contributed by atoms with E-state index < -0.39 is 0 Å².